The van der Waals surface area contributed by atoms with E-state index in [-0.39, 0.29) is 11.4 Å². The Hall–Kier alpha value is -2.63. The zero-order valence-electron chi connectivity index (χ0n) is 14.8. The molecule has 0 aliphatic rings. The van der Waals surface area contributed by atoms with Crippen molar-refractivity contribution >= 4 is 17.5 Å². The molecule has 1 aromatic heterocycles. The summed E-state index contributed by atoms with van der Waals surface area (Å²) in [5, 5.41) is 6.02. The van der Waals surface area contributed by atoms with Crippen molar-refractivity contribution < 1.29 is 9.53 Å². The molecule has 24 heavy (non-hydrogen) atoms. The molecule has 128 valence electrons. The number of rotatable bonds is 5. The van der Waals surface area contributed by atoms with Gasteiger partial charge in [0, 0.05) is 16.9 Å². The first kappa shape index (κ1) is 17.7. The van der Waals surface area contributed by atoms with E-state index in [0.29, 0.717) is 23.9 Å². The lowest BCUT2D eigenvalue weighted by Gasteiger charge is -2.20. The zero-order valence-corrected chi connectivity index (χ0v) is 14.8. The van der Waals surface area contributed by atoms with Gasteiger partial charge in [-0.15, -0.1) is 0 Å². The molecule has 6 nitrogen and oxygen atoms in total. The molecule has 0 fully saturated rings. The summed E-state index contributed by atoms with van der Waals surface area (Å²) in [5.74, 6) is 0.936. The molecule has 2 rings (SSSR count). The summed E-state index contributed by atoms with van der Waals surface area (Å²) in [6, 6.07) is 8.89. The third-order valence-corrected chi connectivity index (χ3v) is 3.00. The van der Waals surface area contributed by atoms with Gasteiger partial charge in [-0.2, -0.15) is 0 Å². The minimum atomic E-state index is -0.276. The van der Waals surface area contributed by atoms with Gasteiger partial charge in [0.2, 0.25) is 5.95 Å². The molecule has 2 N–H and O–H groups in total. The maximum Gasteiger partial charge on any atom is 0.274 e. The van der Waals surface area contributed by atoms with Crippen molar-refractivity contribution in [3.05, 3.63) is 41.7 Å². The van der Waals surface area contributed by atoms with Crippen molar-refractivity contribution in [1.82, 2.24) is 9.97 Å². The van der Waals surface area contributed by atoms with Gasteiger partial charge in [-0.1, -0.05) is 0 Å². The standard InChI is InChI=1S/C18H24N4O2/c1-6-24-14-9-7-13(8-10-14)20-16(23)15-11-12(2)19-17(21-15)22-18(3,4)5/h7-11H,6H2,1-5H3,(H,20,23)(H,19,21,22). The van der Waals surface area contributed by atoms with Crippen LogP contribution in [-0.4, -0.2) is 28.0 Å². The van der Waals surface area contributed by atoms with Gasteiger partial charge in [-0.3, -0.25) is 4.79 Å². The first-order chi connectivity index (χ1) is 11.3. The van der Waals surface area contributed by atoms with Crippen LogP contribution >= 0.6 is 0 Å². The number of carbonyl (C=O) groups excluding carboxylic acids is 1. The number of carbonyl (C=O) groups is 1. The molecule has 0 saturated heterocycles. The lowest BCUT2D eigenvalue weighted by Crippen LogP contribution is -2.28. The van der Waals surface area contributed by atoms with Gasteiger partial charge in [0.05, 0.1) is 6.61 Å². The van der Waals surface area contributed by atoms with Crippen LogP contribution in [0.2, 0.25) is 0 Å². The molecule has 0 bridgehead atoms. The molecule has 0 atom stereocenters. The van der Waals surface area contributed by atoms with E-state index in [1.165, 1.54) is 0 Å². The Morgan fingerprint density at radius 3 is 2.42 bits per heavy atom. The highest BCUT2D eigenvalue weighted by Crippen LogP contribution is 2.17. The average Bonchev–Trinajstić information content (AvgIpc) is 2.47. The summed E-state index contributed by atoms with van der Waals surface area (Å²) in [5.41, 5.74) is 1.55. The second-order valence-electron chi connectivity index (χ2n) is 6.50. The van der Waals surface area contributed by atoms with Gasteiger partial charge in [0.15, 0.2) is 0 Å². The predicted octanol–water partition coefficient (Wildman–Crippen LogP) is 3.65. The van der Waals surface area contributed by atoms with Crippen LogP contribution < -0.4 is 15.4 Å². The van der Waals surface area contributed by atoms with Crippen molar-refractivity contribution in [3.8, 4) is 5.75 Å². The Kier molecular flexibility index (Phi) is 5.39. The molecule has 6 heteroatoms. The second kappa shape index (κ2) is 7.29. The van der Waals surface area contributed by atoms with E-state index < -0.39 is 0 Å². The van der Waals surface area contributed by atoms with Gasteiger partial charge >= 0.3 is 0 Å². The number of ether oxygens (including phenoxy) is 1. The van der Waals surface area contributed by atoms with Crippen molar-refractivity contribution in [3.63, 3.8) is 0 Å². The Labute approximate surface area is 142 Å². The number of nitrogens with one attached hydrogen (secondary N) is 2. The summed E-state index contributed by atoms with van der Waals surface area (Å²) in [4.78, 5) is 21.1. The second-order valence-corrected chi connectivity index (χ2v) is 6.50. The van der Waals surface area contributed by atoms with Crippen LogP contribution in [0.15, 0.2) is 30.3 Å². The number of hydrogen-bond acceptors (Lipinski definition) is 5. The fourth-order valence-electron chi connectivity index (χ4n) is 2.07. The number of hydrogen-bond donors (Lipinski definition) is 2. The third-order valence-electron chi connectivity index (χ3n) is 3.00. The van der Waals surface area contributed by atoms with Crippen LogP contribution in [0.1, 0.15) is 43.9 Å². The molecule has 0 radical (unpaired) electrons. The van der Waals surface area contributed by atoms with E-state index in [1.54, 1.807) is 18.2 Å². The Balaban J connectivity index is 2.14. The maximum atomic E-state index is 12.4. The summed E-state index contributed by atoms with van der Waals surface area (Å²) in [7, 11) is 0. The average molecular weight is 328 g/mol. The van der Waals surface area contributed by atoms with Crippen LogP contribution in [0, 0.1) is 6.92 Å². The zero-order chi connectivity index (χ0) is 17.7. The quantitative estimate of drug-likeness (QED) is 0.876. The van der Waals surface area contributed by atoms with E-state index in [9.17, 15) is 4.79 Å². The monoisotopic (exact) mass is 328 g/mol. The fraction of sp³-hybridized carbons (Fsp3) is 0.389. The van der Waals surface area contributed by atoms with Gasteiger partial charge in [0.25, 0.3) is 5.91 Å². The molecule has 0 spiro atoms. The smallest absolute Gasteiger partial charge is 0.274 e. The SMILES string of the molecule is CCOc1ccc(NC(=O)c2cc(C)nc(NC(C)(C)C)n2)cc1. The van der Waals surface area contributed by atoms with Gasteiger partial charge in [-0.05, 0) is 65.0 Å². The van der Waals surface area contributed by atoms with Crippen LogP contribution in [0.3, 0.4) is 0 Å². The molecule has 1 heterocycles. The highest BCUT2D eigenvalue weighted by atomic mass is 16.5. The summed E-state index contributed by atoms with van der Waals surface area (Å²) < 4.78 is 5.39. The molecule has 0 aliphatic heterocycles. The maximum absolute atomic E-state index is 12.4. The van der Waals surface area contributed by atoms with E-state index in [1.807, 2.05) is 46.8 Å². The molecular weight excluding hydrogens is 304 g/mol. The van der Waals surface area contributed by atoms with Crippen LogP contribution in [0.25, 0.3) is 0 Å². The first-order valence-corrected chi connectivity index (χ1v) is 7.95. The Morgan fingerprint density at radius 1 is 1.17 bits per heavy atom. The molecule has 1 amide bonds. The highest BCUT2D eigenvalue weighted by molar-refractivity contribution is 6.03. The van der Waals surface area contributed by atoms with E-state index in [0.717, 1.165) is 11.4 Å². The molecule has 0 saturated carbocycles. The van der Waals surface area contributed by atoms with Gasteiger partial charge < -0.3 is 15.4 Å². The Bertz CT molecular complexity index is 706. The lowest BCUT2D eigenvalue weighted by molar-refractivity contribution is 0.102. The number of nitrogens with zero attached hydrogens (tertiary/aromatic N) is 2. The van der Waals surface area contributed by atoms with Crippen molar-refractivity contribution in [1.29, 1.82) is 0 Å². The van der Waals surface area contributed by atoms with Gasteiger partial charge in [0.1, 0.15) is 11.4 Å². The third kappa shape index (κ3) is 5.22. The number of benzene rings is 1. The largest absolute Gasteiger partial charge is 0.494 e. The summed E-state index contributed by atoms with van der Waals surface area (Å²) in [6.07, 6.45) is 0. The van der Waals surface area contributed by atoms with Crippen LogP contribution in [-0.2, 0) is 0 Å². The molecule has 0 unspecified atom stereocenters. The van der Waals surface area contributed by atoms with Crippen LogP contribution in [0.4, 0.5) is 11.6 Å². The predicted molar refractivity (Wildman–Crippen MR) is 95.7 cm³/mol. The highest BCUT2D eigenvalue weighted by Gasteiger charge is 2.15. The van der Waals surface area contributed by atoms with Crippen molar-refractivity contribution in [2.45, 2.75) is 40.2 Å². The normalized spacial score (nSPS) is 11.0. The molecule has 2 aromatic rings. The molecule has 1 aromatic carbocycles. The number of aryl methyl sites for hydroxylation is 1. The number of anilines is 2. The van der Waals surface area contributed by atoms with Crippen molar-refractivity contribution in [2.24, 2.45) is 0 Å². The Morgan fingerprint density at radius 2 is 1.83 bits per heavy atom. The minimum Gasteiger partial charge on any atom is -0.494 e. The summed E-state index contributed by atoms with van der Waals surface area (Å²) >= 11 is 0. The molecule has 0 aliphatic carbocycles. The number of amides is 1. The van der Waals surface area contributed by atoms with E-state index >= 15 is 0 Å². The molecular formula is C18H24N4O2. The van der Waals surface area contributed by atoms with Crippen molar-refractivity contribution in [2.75, 3.05) is 17.2 Å². The number of aromatic nitrogens is 2. The summed E-state index contributed by atoms with van der Waals surface area (Å²) in [6.45, 7) is 10.4. The fourth-order valence-corrected chi connectivity index (χ4v) is 2.07. The lowest BCUT2D eigenvalue weighted by atomic mass is 10.1. The minimum absolute atomic E-state index is 0.184. The van der Waals surface area contributed by atoms with Crippen LogP contribution in [0.5, 0.6) is 5.75 Å². The van der Waals surface area contributed by atoms with Gasteiger partial charge in [-0.25, -0.2) is 9.97 Å². The topological polar surface area (TPSA) is 76.1 Å². The van der Waals surface area contributed by atoms with E-state index in [4.69, 9.17) is 4.74 Å². The van der Waals surface area contributed by atoms with E-state index in [2.05, 4.69) is 20.6 Å². The first-order valence-electron chi connectivity index (χ1n) is 7.95.